The van der Waals surface area contributed by atoms with Gasteiger partial charge in [-0.1, -0.05) is 6.07 Å². The van der Waals surface area contributed by atoms with E-state index in [4.69, 9.17) is 4.74 Å². The second kappa shape index (κ2) is 5.72. The Balaban J connectivity index is 2.39. The molecule has 2 nitrogen and oxygen atoms in total. The lowest BCUT2D eigenvalue weighted by atomic mass is 10.0. The van der Waals surface area contributed by atoms with Crippen LogP contribution in [-0.4, -0.2) is 14.2 Å². The van der Waals surface area contributed by atoms with Crippen molar-refractivity contribution in [3.63, 3.8) is 0 Å². The van der Waals surface area contributed by atoms with E-state index in [0.717, 1.165) is 5.56 Å². The molecule has 0 aliphatic rings. The molecule has 1 unspecified atom stereocenters. The molecule has 1 aromatic heterocycles. The Kier molecular flexibility index (Phi) is 4.22. The van der Waals surface area contributed by atoms with Crippen LogP contribution in [0.1, 0.15) is 26.9 Å². The Morgan fingerprint density at radius 1 is 1.26 bits per heavy atom. The van der Waals surface area contributed by atoms with E-state index in [1.165, 1.54) is 28.5 Å². The fourth-order valence-corrected chi connectivity index (χ4v) is 3.26. The van der Waals surface area contributed by atoms with Gasteiger partial charge in [-0.25, -0.2) is 4.39 Å². The molecule has 0 bridgehead atoms. The zero-order chi connectivity index (χ0) is 14.0. The lowest BCUT2D eigenvalue weighted by molar-refractivity contribution is 0.386. The second-order valence-corrected chi connectivity index (χ2v) is 5.79. The van der Waals surface area contributed by atoms with Crippen LogP contribution >= 0.6 is 11.3 Å². The molecule has 0 aliphatic heterocycles. The van der Waals surface area contributed by atoms with Crippen molar-refractivity contribution in [1.29, 1.82) is 0 Å². The van der Waals surface area contributed by atoms with Crippen LogP contribution < -0.4 is 10.1 Å². The van der Waals surface area contributed by atoms with Crippen molar-refractivity contribution < 1.29 is 9.13 Å². The molecule has 0 aliphatic carbocycles. The Hall–Kier alpha value is -1.39. The average molecular weight is 279 g/mol. The maximum Gasteiger partial charge on any atom is 0.165 e. The van der Waals surface area contributed by atoms with Gasteiger partial charge in [-0.3, -0.25) is 0 Å². The Morgan fingerprint density at radius 3 is 2.47 bits per heavy atom. The van der Waals surface area contributed by atoms with Crippen LogP contribution in [0.4, 0.5) is 4.39 Å². The molecule has 0 saturated carbocycles. The summed E-state index contributed by atoms with van der Waals surface area (Å²) in [5, 5.41) is 3.24. The quantitative estimate of drug-likeness (QED) is 0.918. The van der Waals surface area contributed by atoms with Gasteiger partial charge in [0.1, 0.15) is 0 Å². The molecule has 0 radical (unpaired) electrons. The van der Waals surface area contributed by atoms with Gasteiger partial charge in [0.15, 0.2) is 11.6 Å². The summed E-state index contributed by atoms with van der Waals surface area (Å²) in [6.07, 6.45) is 0. The average Bonchev–Trinajstić information content (AvgIpc) is 2.70. The summed E-state index contributed by atoms with van der Waals surface area (Å²) in [5.74, 6) is -0.0533. The Bertz CT molecular complexity index is 560. The first-order valence-corrected chi connectivity index (χ1v) is 6.96. The minimum absolute atomic E-state index is 0.0119. The maximum absolute atomic E-state index is 13.8. The Labute approximate surface area is 117 Å². The van der Waals surface area contributed by atoms with Crippen LogP contribution in [0.25, 0.3) is 0 Å². The lowest BCUT2D eigenvalue weighted by Crippen LogP contribution is -2.16. The van der Waals surface area contributed by atoms with E-state index < -0.39 is 0 Å². The van der Waals surface area contributed by atoms with Crippen LogP contribution in [0.2, 0.25) is 0 Å². The largest absolute Gasteiger partial charge is 0.494 e. The second-order valence-electron chi connectivity index (χ2n) is 4.50. The first kappa shape index (κ1) is 14.0. The number of nitrogens with one attached hydrogen (secondary N) is 1. The highest BCUT2D eigenvalue weighted by atomic mass is 32.1. The van der Waals surface area contributed by atoms with Gasteiger partial charge >= 0.3 is 0 Å². The standard InChI is InChI=1S/C15H18FNOS/c1-9-7-14(19-10(9)2)15(17-3)11-5-6-13(18-4)12(16)8-11/h5-8,15,17H,1-4H3. The number of ether oxygens (including phenoxy) is 1. The molecule has 1 aromatic carbocycles. The number of aryl methyl sites for hydroxylation is 2. The summed E-state index contributed by atoms with van der Waals surface area (Å²) < 4.78 is 18.7. The zero-order valence-corrected chi connectivity index (χ0v) is 12.4. The normalized spacial score (nSPS) is 12.5. The first-order valence-electron chi connectivity index (χ1n) is 6.14. The number of thiophene rings is 1. The number of halogens is 1. The van der Waals surface area contributed by atoms with E-state index in [-0.39, 0.29) is 17.6 Å². The smallest absolute Gasteiger partial charge is 0.165 e. The van der Waals surface area contributed by atoms with Crippen molar-refractivity contribution in [2.24, 2.45) is 0 Å². The van der Waals surface area contributed by atoms with Gasteiger partial charge < -0.3 is 10.1 Å². The minimum atomic E-state index is -0.328. The van der Waals surface area contributed by atoms with Crippen molar-refractivity contribution in [3.8, 4) is 5.75 Å². The van der Waals surface area contributed by atoms with E-state index in [1.807, 2.05) is 13.1 Å². The summed E-state index contributed by atoms with van der Waals surface area (Å²) in [7, 11) is 3.36. The van der Waals surface area contributed by atoms with Crippen molar-refractivity contribution in [3.05, 3.63) is 51.0 Å². The highest BCUT2D eigenvalue weighted by Gasteiger charge is 2.17. The summed E-state index contributed by atoms with van der Waals surface area (Å²) in [4.78, 5) is 2.49. The maximum atomic E-state index is 13.8. The molecule has 0 spiro atoms. The van der Waals surface area contributed by atoms with Gasteiger partial charge in [-0.2, -0.15) is 0 Å². The molecule has 4 heteroatoms. The van der Waals surface area contributed by atoms with E-state index in [0.29, 0.717) is 0 Å². The number of rotatable bonds is 4. The predicted octanol–water partition coefficient (Wildman–Crippen LogP) is 3.82. The molecule has 1 heterocycles. The molecule has 102 valence electrons. The van der Waals surface area contributed by atoms with Crippen molar-refractivity contribution in [2.45, 2.75) is 19.9 Å². The fraction of sp³-hybridized carbons (Fsp3) is 0.333. The van der Waals surface area contributed by atoms with E-state index in [2.05, 4.69) is 25.2 Å². The van der Waals surface area contributed by atoms with Crippen LogP contribution in [0.5, 0.6) is 5.75 Å². The van der Waals surface area contributed by atoms with Crippen molar-refractivity contribution >= 4 is 11.3 Å². The fourth-order valence-electron chi connectivity index (χ4n) is 2.08. The van der Waals surface area contributed by atoms with Crippen LogP contribution in [0, 0.1) is 19.7 Å². The molecular weight excluding hydrogens is 261 g/mol. The summed E-state index contributed by atoms with van der Waals surface area (Å²) in [5.41, 5.74) is 2.18. The number of hydrogen-bond donors (Lipinski definition) is 1. The molecule has 2 rings (SSSR count). The van der Waals surface area contributed by atoms with E-state index in [9.17, 15) is 4.39 Å². The van der Waals surface area contributed by atoms with Crippen molar-refractivity contribution in [1.82, 2.24) is 5.32 Å². The molecule has 1 atom stereocenters. The Morgan fingerprint density at radius 2 is 2.00 bits per heavy atom. The summed E-state index contributed by atoms with van der Waals surface area (Å²) in [6, 6.07) is 7.27. The third-order valence-electron chi connectivity index (χ3n) is 3.27. The highest BCUT2D eigenvalue weighted by molar-refractivity contribution is 7.12. The molecule has 1 N–H and O–H groups in total. The summed E-state index contributed by atoms with van der Waals surface area (Å²) in [6.45, 7) is 4.20. The molecular formula is C15H18FNOS. The van der Waals surface area contributed by atoms with Gasteiger partial charge in [0, 0.05) is 9.75 Å². The van der Waals surface area contributed by atoms with Gasteiger partial charge in [-0.15, -0.1) is 11.3 Å². The predicted molar refractivity (Wildman–Crippen MR) is 77.6 cm³/mol. The molecule has 0 fully saturated rings. The lowest BCUT2D eigenvalue weighted by Gasteiger charge is -2.16. The van der Waals surface area contributed by atoms with Gasteiger partial charge in [0.05, 0.1) is 13.2 Å². The highest BCUT2D eigenvalue weighted by Crippen LogP contribution is 2.32. The van der Waals surface area contributed by atoms with Crippen molar-refractivity contribution in [2.75, 3.05) is 14.2 Å². The number of benzene rings is 1. The summed E-state index contributed by atoms with van der Waals surface area (Å²) >= 11 is 1.74. The SMILES string of the molecule is CNC(c1ccc(OC)c(F)c1)c1cc(C)c(C)s1. The van der Waals surface area contributed by atoms with Gasteiger partial charge in [-0.05, 0) is 50.2 Å². The van der Waals surface area contributed by atoms with Gasteiger partial charge in [0.2, 0.25) is 0 Å². The van der Waals surface area contributed by atoms with Crippen LogP contribution in [-0.2, 0) is 0 Å². The number of methoxy groups -OCH3 is 1. The van der Waals surface area contributed by atoms with Crippen LogP contribution in [0.15, 0.2) is 24.3 Å². The monoisotopic (exact) mass is 279 g/mol. The van der Waals surface area contributed by atoms with E-state index in [1.54, 1.807) is 17.4 Å². The first-order chi connectivity index (χ1) is 9.06. The molecule has 19 heavy (non-hydrogen) atoms. The molecule has 0 saturated heterocycles. The van der Waals surface area contributed by atoms with Crippen LogP contribution in [0.3, 0.4) is 0 Å². The topological polar surface area (TPSA) is 21.3 Å². The van der Waals surface area contributed by atoms with E-state index >= 15 is 0 Å². The molecule has 2 aromatic rings. The third-order valence-corrected chi connectivity index (χ3v) is 4.48. The number of hydrogen-bond acceptors (Lipinski definition) is 3. The molecule has 0 amide bonds. The minimum Gasteiger partial charge on any atom is -0.494 e. The zero-order valence-electron chi connectivity index (χ0n) is 11.6. The third kappa shape index (κ3) is 2.80. The van der Waals surface area contributed by atoms with Gasteiger partial charge in [0.25, 0.3) is 0 Å².